The van der Waals surface area contributed by atoms with Gasteiger partial charge in [-0.2, -0.15) is 0 Å². The number of fused-ring (bicyclic) bond motifs is 1. The Morgan fingerprint density at radius 1 is 1.35 bits per heavy atom. The molecule has 108 valence electrons. The highest BCUT2D eigenvalue weighted by Gasteiger charge is 2.38. The summed E-state index contributed by atoms with van der Waals surface area (Å²) < 4.78 is 0. The molecule has 20 heavy (non-hydrogen) atoms. The molecule has 1 aliphatic heterocycles. The number of benzene rings is 1. The van der Waals surface area contributed by atoms with Crippen LogP contribution in [0.4, 0.5) is 0 Å². The summed E-state index contributed by atoms with van der Waals surface area (Å²) in [7, 11) is 0. The van der Waals surface area contributed by atoms with Gasteiger partial charge in [-0.25, -0.2) is 0 Å². The van der Waals surface area contributed by atoms with Gasteiger partial charge in [-0.3, -0.25) is 9.59 Å². The van der Waals surface area contributed by atoms with Crippen LogP contribution in [0.1, 0.15) is 42.2 Å². The molecule has 1 aliphatic rings. The molecule has 0 aliphatic carbocycles. The van der Waals surface area contributed by atoms with Gasteiger partial charge in [-0.1, -0.05) is 37.0 Å². The number of hydrogen-bond donors (Lipinski definition) is 1. The fraction of sp³-hybridized carbons (Fsp3) is 0.429. The third-order valence-corrected chi connectivity index (χ3v) is 3.97. The predicted octanol–water partition coefficient (Wildman–Crippen LogP) is 3.62. The van der Waals surface area contributed by atoms with Gasteiger partial charge in [0, 0.05) is 12.1 Å². The highest BCUT2D eigenvalue weighted by Crippen LogP contribution is 2.40. The maximum atomic E-state index is 12.4. The van der Waals surface area contributed by atoms with Crippen molar-refractivity contribution >= 4 is 35.1 Å². The standard InChI is InChI=1S/C14H15Cl2NO3/c1-7(2)6-17-12(5-13(18)19)8-3-10(15)11(16)4-9(8)14(17)20/h3-4,7,12H,5-6H2,1-2H3,(H,18,19). The number of nitrogens with zero attached hydrogens (tertiary/aromatic N) is 1. The quantitative estimate of drug-likeness (QED) is 0.923. The zero-order valence-electron chi connectivity index (χ0n) is 11.2. The minimum absolute atomic E-state index is 0.135. The van der Waals surface area contributed by atoms with Crippen molar-refractivity contribution in [3.05, 3.63) is 33.3 Å². The van der Waals surface area contributed by atoms with E-state index in [1.54, 1.807) is 11.0 Å². The van der Waals surface area contributed by atoms with Gasteiger partial charge in [0.05, 0.1) is 22.5 Å². The van der Waals surface area contributed by atoms with Crippen LogP contribution in [0.5, 0.6) is 0 Å². The number of hydrogen-bond acceptors (Lipinski definition) is 2. The first-order valence-corrected chi connectivity index (χ1v) is 7.08. The van der Waals surface area contributed by atoms with Crippen molar-refractivity contribution in [2.75, 3.05) is 6.54 Å². The lowest BCUT2D eigenvalue weighted by Gasteiger charge is -2.26. The second-order valence-corrected chi connectivity index (χ2v) is 6.13. The van der Waals surface area contributed by atoms with Crippen molar-refractivity contribution in [1.29, 1.82) is 0 Å². The SMILES string of the molecule is CC(C)CN1C(=O)c2cc(Cl)c(Cl)cc2C1CC(=O)O. The molecule has 1 heterocycles. The van der Waals surface area contributed by atoms with Crippen molar-refractivity contribution in [2.45, 2.75) is 26.3 Å². The second kappa shape index (κ2) is 5.62. The van der Waals surface area contributed by atoms with E-state index in [-0.39, 0.29) is 18.2 Å². The van der Waals surface area contributed by atoms with Crippen molar-refractivity contribution in [2.24, 2.45) is 5.92 Å². The fourth-order valence-electron chi connectivity index (χ4n) is 2.48. The zero-order chi connectivity index (χ0) is 15.0. The average molecular weight is 316 g/mol. The highest BCUT2D eigenvalue weighted by atomic mass is 35.5. The van der Waals surface area contributed by atoms with E-state index in [0.717, 1.165) is 0 Å². The Hall–Kier alpha value is -1.26. The van der Waals surface area contributed by atoms with Crippen LogP contribution >= 0.6 is 23.2 Å². The van der Waals surface area contributed by atoms with Crippen LogP contribution in [-0.4, -0.2) is 28.4 Å². The van der Waals surface area contributed by atoms with Crippen molar-refractivity contribution in [1.82, 2.24) is 4.90 Å². The molecule has 1 aromatic rings. The minimum atomic E-state index is -0.949. The van der Waals surface area contributed by atoms with E-state index in [0.29, 0.717) is 27.7 Å². The van der Waals surface area contributed by atoms with Crippen molar-refractivity contribution < 1.29 is 14.7 Å². The Bertz CT molecular complexity index is 572. The highest BCUT2D eigenvalue weighted by molar-refractivity contribution is 6.42. The lowest BCUT2D eigenvalue weighted by Crippen LogP contribution is -2.32. The van der Waals surface area contributed by atoms with Crippen LogP contribution in [-0.2, 0) is 4.79 Å². The molecule has 2 rings (SSSR count). The summed E-state index contributed by atoms with van der Waals surface area (Å²) in [5.74, 6) is -0.885. The Kier molecular flexibility index (Phi) is 4.25. The van der Waals surface area contributed by atoms with Gasteiger partial charge in [0.25, 0.3) is 5.91 Å². The molecule has 0 fully saturated rings. The minimum Gasteiger partial charge on any atom is -0.481 e. The normalized spacial score (nSPS) is 17.8. The van der Waals surface area contributed by atoms with Gasteiger partial charge < -0.3 is 10.0 Å². The number of amides is 1. The van der Waals surface area contributed by atoms with E-state index in [4.69, 9.17) is 28.3 Å². The van der Waals surface area contributed by atoms with Crippen molar-refractivity contribution in [3.63, 3.8) is 0 Å². The van der Waals surface area contributed by atoms with Crippen LogP contribution < -0.4 is 0 Å². The summed E-state index contributed by atoms with van der Waals surface area (Å²) in [6.07, 6.45) is -0.135. The summed E-state index contributed by atoms with van der Waals surface area (Å²) >= 11 is 11.9. The number of carbonyl (C=O) groups excluding carboxylic acids is 1. The fourth-order valence-corrected chi connectivity index (χ4v) is 2.81. The van der Waals surface area contributed by atoms with Crippen LogP contribution in [0.25, 0.3) is 0 Å². The topological polar surface area (TPSA) is 57.6 Å². The third kappa shape index (κ3) is 2.76. The molecular weight excluding hydrogens is 301 g/mol. The molecule has 0 saturated carbocycles. The van der Waals surface area contributed by atoms with Gasteiger partial charge in [0.2, 0.25) is 0 Å². The Morgan fingerprint density at radius 3 is 2.50 bits per heavy atom. The molecule has 1 N–H and O–H groups in total. The molecule has 0 saturated heterocycles. The van der Waals surface area contributed by atoms with Crippen LogP contribution in [0.15, 0.2) is 12.1 Å². The summed E-state index contributed by atoms with van der Waals surface area (Å²) in [6, 6.07) is 2.65. The smallest absolute Gasteiger partial charge is 0.305 e. The third-order valence-electron chi connectivity index (χ3n) is 3.25. The van der Waals surface area contributed by atoms with E-state index in [2.05, 4.69) is 0 Å². The lowest BCUT2D eigenvalue weighted by molar-refractivity contribution is -0.138. The molecule has 6 heteroatoms. The Labute approximate surface area is 127 Å². The summed E-state index contributed by atoms with van der Waals surface area (Å²) in [5.41, 5.74) is 1.10. The molecule has 1 atom stereocenters. The molecule has 1 unspecified atom stereocenters. The van der Waals surface area contributed by atoms with Crippen LogP contribution in [0.2, 0.25) is 10.0 Å². The zero-order valence-corrected chi connectivity index (χ0v) is 12.7. The summed E-state index contributed by atoms with van der Waals surface area (Å²) in [6.45, 7) is 4.46. The molecular formula is C14H15Cl2NO3. The van der Waals surface area contributed by atoms with Gasteiger partial charge in [0.1, 0.15) is 0 Å². The molecule has 1 aromatic carbocycles. The van der Waals surface area contributed by atoms with Gasteiger partial charge in [-0.15, -0.1) is 0 Å². The number of aliphatic carboxylic acids is 1. The molecule has 0 radical (unpaired) electrons. The lowest BCUT2D eigenvalue weighted by atomic mass is 10.0. The van der Waals surface area contributed by atoms with Crippen LogP contribution in [0, 0.1) is 5.92 Å². The summed E-state index contributed by atoms with van der Waals surface area (Å²) in [4.78, 5) is 25.1. The molecule has 0 bridgehead atoms. The molecule has 1 amide bonds. The second-order valence-electron chi connectivity index (χ2n) is 5.32. The van der Waals surface area contributed by atoms with Crippen LogP contribution in [0.3, 0.4) is 0 Å². The largest absolute Gasteiger partial charge is 0.481 e. The first kappa shape index (κ1) is 15.1. The number of rotatable bonds is 4. The number of carboxylic acid groups (broad SMARTS) is 1. The summed E-state index contributed by atoms with van der Waals surface area (Å²) in [5, 5.41) is 9.70. The molecule has 0 aromatic heterocycles. The number of carbonyl (C=O) groups is 2. The first-order chi connectivity index (χ1) is 9.31. The van der Waals surface area contributed by atoms with E-state index in [1.807, 2.05) is 13.8 Å². The van der Waals surface area contributed by atoms with Gasteiger partial charge in [0.15, 0.2) is 0 Å². The van der Waals surface area contributed by atoms with E-state index in [9.17, 15) is 9.59 Å². The van der Waals surface area contributed by atoms with E-state index >= 15 is 0 Å². The van der Waals surface area contributed by atoms with E-state index < -0.39 is 12.0 Å². The maximum Gasteiger partial charge on any atom is 0.305 e. The maximum absolute atomic E-state index is 12.4. The average Bonchev–Trinajstić information content (AvgIpc) is 2.55. The number of halogens is 2. The Balaban J connectivity index is 2.47. The van der Waals surface area contributed by atoms with Gasteiger partial charge >= 0.3 is 5.97 Å². The molecule has 4 nitrogen and oxygen atoms in total. The Morgan fingerprint density at radius 2 is 1.95 bits per heavy atom. The monoisotopic (exact) mass is 315 g/mol. The predicted molar refractivity (Wildman–Crippen MR) is 77.3 cm³/mol. The van der Waals surface area contributed by atoms with Gasteiger partial charge in [-0.05, 0) is 23.6 Å². The molecule has 0 spiro atoms. The van der Waals surface area contributed by atoms with E-state index in [1.165, 1.54) is 6.07 Å². The number of carboxylic acids is 1. The first-order valence-electron chi connectivity index (χ1n) is 6.33. The van der Waals surface area contributed by atoms with Crippen molar-refractivity contribution in [3.8, 4) is 0 Å².